The molecule has 0 spiro atoms. The normalized spacial score (nSPS) is 11.1. The van der Waals surface area contributed by atoms with Crippen LogP contribution in [0.25, 0.3) is 22.5 Å². The number of hydrogen-bond acceptors (Lipinski definition) is 8. The molecule has 0 aliphatic rings. The summed E-state index contributed by atoms with van der Waals surface area (Å²) >= 11 is 1.43. The number of aromatic nitrogens is 6. The molecule has 5 rings (SSSR count). The molecule has 206 valence electrons. The maximum absolute atomic E-state index is 13.9. The first-order chi connectivity index (χ1) is 19.5. The van der Waals surface area contributed by atoms with E-state index in [1.54, 1.807) is 10.6 Å². The minimum atomic E-state index is -0.407. The van der Waals surface area contributed by atoms with Gasteiger partial charge in [0.2, 0.25) is 5.82 Å². The van der Waals surface area contributed by atoms with Gasteiger partial charge in [0.25, 0.3) is 5.56 Å². The first kappa shape index (κ1) is 27.1. The molecule has 40 heavy (non-hydrogen) atoms. The zero-order valence-electron chi connectivity index (χ0n) is 22.7. The SMILES string of the molecule is CCCCc1nc(C)n(Cc2sccc2C(=O)OC)c(=O)c1Cc1ccc(-c2ccccc2-c2nn[nH]n2)cc1.[HH]. The van der Waals surface area contributed by atoms with Gasteiger partial charge in [-0.1, -0.05) is 61.9 Å². The first-order valence-electron chi connectivity index (χ1n) is 13.2. The van der Waals surface area contributed by atoms with Crippen LogP contribution in [0.1, 0.15) is 59.1 Å². The molecule has 0 saturated carbocycles. The van der Waals surface area contributed by atoms with Crippen molar-refractivity contribution in [3.8, 4) is 22.5 Å². The molecule has 0 radical (unpaired) electrons. The van der Waals surface area contributed by atoms with Gasteiger partial charge in [-0.25, -0.2) is 9.78 Å². The average Bonchev–Trinajstić information content (AvgIpc) is 3.69. The summed E-state index contributed by atoms with van der Waals surface area (Å²) in [6, 6.07) is 17.8. The van der Waals surface area contributed by atoms with Crippen LogP contribution in [0.5, 0.6) is 0 Å². The summed E-state index contributed by atoms with van der Waals surface area (Å²) < 4.78 is 6.59. The number of H-pyrrole nitrogens is 1. The van der Waals surface area contributed by atoms with E-state index < -0.39 is 5.97 Å². The number of hydrogen-bond donors (Lipinski definition) is 1. The number of thiophene rings is 1. The van der Waals surface area contributed by atoms with Crippen LogP contribution >= 0.6 is 11.3 Å². The Balaban J connectivity index is 0.00000387. The van der Waals surface area contributed by atoms with Crippen LogP contribution in [-0.2, 0) is 24.1 Å². The van der Waals surface area contributed by atoms with E-state index in [4.69, 9.17) is 9.72 Å². The fraction of sp³-hybridized carbons (Fsp3) is 0.267. The minimum Gasteiger partial charge on any atom is -0.465 e. The summed E-state index contributed by atoms with van der Waals surface area (Å²) in [6.07, 6.45) is 3.17. The molecule has 10 heteroatoms. The number of carbonyl (C=O) groups is 1. The van der Waals surface area contributed by atoms with Crippen molar-refractivity contribution in [2.24, 2.45) is 0 Å². The van der Waals surface area contributed by atoms with Gasteiger partial charge < -0.3 is 4.74 Å². The molecule has 0 fully saturated rings. The zero-order chi connectivity index (χ0) is 28.1. The Labute approximate surface area is 237 Å². The predicted octanol–water partition coefficient (Wildman–Crippen LogP) is 5.47. The van der Waals surface area contributed by atoms with E-state index in [1.165, 1.54) is 18.4 Å². The number of esters is 1. The van der Waals surface area contributed by atoms with E-state index in [0.717, 1.165) is 52.1 Å². The second-order valence-corrected chi connectivity index (χ2v) is 10.5. The number of unbranched alkanes of at least 4 members (excludes halogenated alkanes) is 1. The lowest BCUT2D eigenvalue weighted by Crippen LogP contribution is -2.30. The van der Waals surface area contributed by atoms with Gasteiger partial charge >= 0.3 is 5.97 Å². The highest BCUT2D eigenvalue weighted by Crippen LogP contribution is 2.30. The van der Waals surface area contributed by atoms with Gasteiger partial charge in [-0.15, -0.1) is 21.5 Å². The summed E-state index contributed by atoms with van der Waals surface area (Å²) in [5, 5.41) is 16.3. The van der Waals surface area contributed by atoms with Crippen LogP contribution in [0.2, 0.25) is 0 Å². The molecule has 0 atom stereocenters. The number of aromatic amines is 1. The lowest BCUT2D eigenvalue weighted by molar-refractivity contribution is 0.0600. The molecule has 0 aliphatic carbocycles. The van der Waals surface area contributed by atoms with Gasteiger partial charge in [-0.2, -0.15) is 5.21 Å². The quantitative estimate of drug-likeness (QED) is 0.227. The maximum Gasteiger partial charge on any atom is 0.339 e. The summed E-state index contributed by atoms with van der Waals surface area (Å²) in [5.41, 5.74) is 5.84. The fourth-order valence-electron chi connectivity index (χ4n) is 4.78. The third-order valence-electron chi connectivity index (χ3n) is 6.92. The van der Waals surface area contributed by atoms with Gasteiger partial charge in [-0.3, -0.25) is 9.36 Å². The molecular weight excluding hydrogens is 524 g/mol. The van der Waals surface area contributed by atoms with Crippen LogP contribution in [-0.4, -0.2) is 43.3 Å². The largest absolute Gasteiger partial charge is 0.465 e. The van der Waals surface area contributed by atoms with Crippen LogP contribution in [0.15, 0.2) is 64.8 Å². The molecular formula is C30H32N6O3S. The van der Waals surface area contributed by atoms with Crippen molar-refractivity contribution in [1.82, 2.24) is 30.2 Å². The third kappa shape index (κ3) is 5.62. The monoisotopic (exact) mass is 556 g/mol. The molecule has 5 aromatic rings. The third-order valence-corrected chi connectivity index (χ3v) is 7.82. The maximum atomic E-state index is 13.9. The van der Waals surface area contributed by atoms with Gasteiger partial charge in [0.05, 0.1) is 24.9 Å². The molecule has 3 heterocycles. The van der Waals surface area contributed by atoms with Crippen molar-refractivity contribution in [3.05, 3.63) is 103 Å². The van der Waals surface area contributed by atoms with E-state index in [0.29, 0.717) is 29.2 Å². The number of ether oxygens (including phenoxy) is 1. The Morgan fingerprint density at radius 1 is 1.10 bits per heavy atom. The van der Waals surface area contributed by atoms with Gasteiger partial charge in [-0.05, 0) is 53.1 Å². The smallest absolute Gasteiger partial charge is 0.339 e. The molecule has 0 unspecified atom stereocenters. The summed E-state index contributed by atoms with van der Waals surface area (Å²) in [7, 11) is 1.36. The minimum absolute atomic E-state index is 0. The molecule has 0 bridgehead atoms. The molecule has 2 aromatic carbocycles. The van der Waals surface area contributed by atoms with E-state index in [1.807, 2.05) is 48.7 Å². The van der Waals surface area contributed by atoms with Gasteiger partial charge in [0, 0.05) is 23.9 Å². The fourth-order valence-corrected chi connectivity index (χ4v) is 5.63. The van der Waals surface area contributed by atoms with Crippen molar-refractivity contribution < 1.29 is 11.0 Å². The standard InChI is InChI=1S/C30H30N6O3S.H2/c1-4-5-10-26-25(29(37)36(19(2)31-26)18-27-24(15-16-40-27)30(38)39-3)17-20-11-13-21(14-12-20)22-8-6-7-9-23(22)28-32-34-35-33-28;/h6-9,11-16H,4-5,10,17-18H2,1-3H3,(H,32,33,34,35);1H. The topological polar surface area (TPSA) is 116 Å². The lowest BCUT2D eigenvalue weighted by Gasteiger charge is -2.16. The number of carbonyl (C=O) groups excluding carboxylic acids is 1. The molecule has 3 aromatic heterocycles. The van der Waals surface area contributed by atoms with Crippen LogP contribution < -0.4 is 5.56 Å². The van der Waals surface area contributed by atoms with Crippen molar-refractivity contribution in [1.29, 1.82) is 0 Å². The molecule has 0 amide bonds. The van der Waals surface area contributed by atoms with E-state index >= 15 is 0 Å². The Morgan fingerprint density at radius 3 is 2.58 bits per heavy atom. The van der Waals surface area contributed by atoms with Crippen molar-refractivity contribution >= 4 is 17.3 Å². The van der Waals surface area contributed by atoms with E-state index in [2.05, 4.69) is 39.7 Å². The highest BCUT2D eigenvalue weighted by molar-refractivity contribution is 7.10. The number of tetrazole rings is 1. The van der Waals surface area contributed by atoms with Gasteiger partial charge in [0.15, 0.2) is 0 Å². The van der Waals surface area contributed by atoms with Crippen molar-refractivity contribution in [3.63, 3.8) is 0 Å². The number of nitrogens with zero attached hydrogens (tertiary/aromatic N) is 5. The average molecular weight is 557 g/mol. The molecule has 1 N–H and O–H groups in total. The second kappa shape index (κ2) is 12.2. The Kier molecular flexibility index (Phi) is 8.26. The number of benzene rings is 2. The second-order valence-electron chi connectivity index (χ2n) is 9.48. The number of nitrogens with one attached hydrogen (secondary N) is 1. The van der Waals surface area contributed by atoms with E-state index in [9.17, 15) is 9.59 Å². The summed E-state index contributed by atoms with van der Waals surface area (Å²) in [4.78, 5) is 31.8. The van der Waals surface area contributed by atoms with Crippen LogP contribution in [0.3, 0.4) is 0 Å². The lowest BCUT2D eigenvalue weighted by atomic mass is 9.96. The summed E-state index contributed by atoms with van der Waals surface area (Å²) in [6.45, 7) is 4.25. The zero-order valence-corrected chi connectivity index (χ0v) is 23.5. The van der Waals surface area contributed by atoms with Crippen LogP contribution in [0, 0.1) is 6.92 Å². The van der Waals surface area contributed by atoms with Gasteiger partial charge in [0.1, 0.15) is 5.82 Å². The molecule has 0 aliphatic heterocycles. The highest BCUT2D eigenvalue weighted by atomic mass is 32.1. The number of aryl methyl sites for hydroxylation is 2. The predicted molar refractivity (Wildman–Crippen MR) is 157 cm³/mol. The Bertz CT molecular complexity index is 1680. The van der Waals surface area contributed by atoms with Crippen molar-refractivity contribution in [2.75, 3.05) is 7.11 Å². The van der Waals surface area contributed by atoms with E-state index in [-0.39, 0.29) is 13.5 Å². The number of methoxy groups -OCH3 is 1. The molecule has 0 saturated heterocycles. The number of rotatable bonds is 10. The Morgan fingerprint density at radius 2 is 1.88 bits per heavy atom. The summed E-state index contributed by atoms with van der Waals surface area (Å²) in [5.74, 6) is 0.765. The highest BCUT2D eigenvalue weighted by Gasteiger charge is 2.19. The van der Waals surface area contributed by atoms with Crippen LogP contribution in [0.4, 0.5) is 0 Å². The van der Waals surface area contributed by atoms with Crippen molar-refractivity contribution in [2.45, 2.75) is 46.1 Å². The molecule has 9 nitrogen and oxygen atoms in total. The first-order valence-corrected chi connectivity index (χ1v) is 14.0. The Hall–Kier alpha value is -4.44.